The average molecular weight is 274 g/mol. The molecule has 0 radical (unpaired) electrons. The van der Waals surface area contributed by atoms with Gasteiger partial charge < -0.3 is 4.90 Å². The van der Waals surface area contributed by atoms with Gasteiger partial charge in [0.05, 0.1) is 12.2 Å². The highest BCUT2D eigenvalue weighted by molar-refractivity contribution is 7.11. The third-order valence-corrected chi connectivity index (χ3v) is 4.51. The van der Waals surface area contributed by atoms with Gasteiger partial charge in [-0.3, -0.25) is 0 Å². The van der Waals surface area contributed by atoms with E-state index in [4.69, 9.17) is 4.98 Å². The van der Waals surface area contributed by atoms with E-state index in [-0.39, 0.29) is 0 Å². The van der Waals surface area contributed by atoms with Crippen molar-refractivity contribution in [3.05, 3.63) is 33.5 Å². The van der Waals surface area contributed by atoms with E-state index in [2.05, 4.69) is 14.9 Å². The number of hydrogen-bond acceptors (Lipinski definition) is 5. The first-order valence-corrected chi connectivity index (χ1v) is 7.51. The van der Waals surface area contributed by atoms with E-state index in [1.165, 1.54) is 34.8 Å². The molecule has 0 aromatic carbocycles. The molecule has 2 heterocycles. The molecule has 3 rings (SSSR count). The van der Waals surface area contributed by atoms with Gasteiger partial charge in [-0.2, -0.15) is 0 Å². The summed E-state index contributed by atoms with van der Waals surface area (Å²) in [6, 6.07) is 0. The topological polar surface area (TPSA) is 41.9 Å². The zero-order chi connectivity index (χ0) is 13.2. The largest absolute Gasteiger partial charge is 0.337 e. The SMILES string of the molecule is Cc1cnc(N(C)Cc2nc3c(s2)CCCC3)nc1. The van der Waals surface area contributed by atoms with Gasteiger partial charge in [-0.1, -0.05) is 0 Å². The molecule has 1 aliphatic carbocycles. The summed E-state index contributed by atoms with van der Waals surface area (Å²) < 4.78 is 0. The molecule has 19 heavy (non-hydrogen) atoms. The number of anilines is 1. The smallest absolute Gasteiger partial charge is 0.225 e. The third kappa shape index (κ3) is 2.76. The first-order valence-electron chi connectivity index (χ1n) is 6.69. The number of rotatable bonds is 3. The van der Waals surface area contributed by atoms with Crippen LogP contribution in [-0.2, 0) is 19.4 Å². The van der Waals surface area contributed by atoms with Crippen molar-refractivity contribution in [1.82, 2.24) is 15.0 Å². The van der Waals surface area contributed by atoms with E-state index in [0.29, 0.717) is 0 Å². The summed E-state index contributed by atoms with van der Waals surface area (Å²) in [4.78, 5) is 17.0. The van der Waals surface area contributed by atoms with Crippen LogP contribution < -0.4 is 4.90 Å². The summed E-state index contributed by atoms with van der Waals surface area (Å²) >= 11 is 1.85. The van der Waals surface area contributed by atoms with Gasteiger partial charge in [0.15, 0.2) is 0 Å². The highest BCUT2D eigenvalue weighted by Crippen LogP contribution is 2.27. The first-order chi connectivity index (χ1) is 9.22. The fraction of sp³-hybridized carbons (Fsp3) is 0.500. The van der Waals surface area contributed by atoms with Gasteiger partial charge in [-0.25, -0.2) is 15.0 Å². The fourth-order valence-corrected chi connectivity index (χ4v) is 3.54. The summed E-state index contributed by atoms with van der Waals surface area (Å²) in [5, 5.41) is 1.18. The zero-order valence-corrected chi connectivity index (χ0v) is 12.2. The van der Waals surface area contributed by atoms with Crippen molar-refractivity contribution in [3.8, 4) is 0 Å². The van der Waals surface area contributed by atoms with Gasteiger partial charge in [0.1, 0.15) is 5.01 Å². The number of fused-ring (bicyclic) bond motifs is 1. The second-order valence-electron chi connectivity index (χ2n) is 5.10. The van der Waals surface area contributed by atoms with E-state index < -0.39 is 0 Å². The van der Waals surface area contributed by atoms with E-state index in [9.17, 15) is 0 Å². The van der Waals surface area contributed by atoms with E-state index >= 15 is 0 Å². The molecule has 0 saturated heterocycles. The Bertz CT molecular complexity index is 538. The maximum absolute atomic E-state index is 4.76. The lowest BCUT2D eigenvalue weighted by Gasteiger charge is -2.14. The minimum atomic E-state index is 0.763. The molecular weight excluding hydrogens is 256 g/mol. The Balaban J connectivity index is 1.73. The molecule has 4 nitrogen and oxygen atoms in total. The lowest BCUT2D eigenvalue weighted by molar-refractivity contribution is 0.680. The molecular formula is C14H18N4S. The second kappa shape index (κ2) is 5.25. The molecule has 0 bridgehead atoms. The average Bonchev–Trinajstić information content (AvgIpc) is 2.81. The molecule has 1 aliphatic rings. The lowest BCUT2D eigenvalue weighted by Crippen LogP contribution is -2.18. The van der Waals surface area contributed by atoms with Crippen LogP contribution in [0.15, 0.2) is 12.4 Å². The van der Waals surface area contributed by atoms with Gasteiger partial charge in [0, 0.05) is 24.3 Å². The third-order valence-electron chi connectivity index (χ3n) is 3.37. The van der Waals surface area contributed by atoms with Crippen LogP contribution in [0.25, 0.3) is 0 Å². The van der Waals surface area contributed by atoms with Gasteiger partial charge in [-0.05, 0) is 38.2 Å². The second-order valence-corrected chi connectivity index (χ2v) is 6.27. The monoisotopic (exact) mass is 274 g/mol. The normalized spacial score (nSPS) is 14.2. The van der Waals surface area contributed by atoms with Crippen LogP contribution in [0.1, 0.15) is 34.0 Å². The highest BCUT2D eigenvalue weighted by Gasteiger charge is 2.16. The molecule has 0 N–H and O–H groups in total. The van der Waals surface area contributed by atoms with Crippen molar-refractivity contribution < 1.29 is 0 Å². The fourth-order valence-electron chi connectivity index (χ4n) is 2.33. The van der Waals surface area contributed by atoms with Gasteiger partial charge in [0.25, 0.3) is 0 Å². The minimum Gasteiger partial charge on any atom is -0.337 e. The van der Waals surface area contributed by atoms with Crippen molar-refractivity contribution in [2.45, 2.75) is 39.2 Å². The number of nitrogens with zero attached hydrogens (tertiary/aromatic N) is 4. The predicted octanol–water partition coefficient (Wildman–Crippen LogP) is 2.76. The maximum atomic E-state index is 4.76. The Hall–Kier alpha value is -1.49. The van der Waals surface area contributed by atoms with Crippen molar-refractivity contribution in [2.24, 2.45) is 0 Å². The predicted molar refractivity (Wildman–Crippen MR) is 77.6 cm³/mol. The minimum absolute atomic E-state index is 0.763. The van der Waals surface area contributed by atoms with Crippen LogP contribution in [0.5, 0.6) is 0 Å². The van der Waals surface area contributed by atoms with Crippen LogP contribution in [0.2, 0.25) is 0 Å². The molecule has 100 valence electrons. The number of aromatic nitrogens is 3. The van der Waals surface area contributed by atoms with Crippen LogP contribution in [0.3, 0.4) is 0 Å². The van der Waals surface area contributed by atoms with Gasteiger partial charge in [0.2, 0.25) is 5.95 Å². The molecule has 0 spiro atoms. The van der Waals surface area contributed by atoms with Crippen LogP contribution in [0.4, 0.5) is 5.95 Å². The molecule has 0 saturated carbocycles. The first kappa shape index (κ1) is 12.5. The molecule has 0 unspecified atom stereocenters. The van der Waals surface area contributed by atoms with Crippen molar-refractivity contribution in [3.63, 3.8) is 0 Å². The summed E-state index contributed by atoms with van der Waals surface area (Å²) in [6.07, 6.45) is 8.66. The summed E-state index contributed by atoms with van der Waals surface area (Å²) in [7, 11) is 2.02. The quantitative estimate of drug-likeness (QED) is 0.863. The van der Waals surface area contributed by atoms with Crippen LogP contribution in [0, 0.1) is 6.92 Å². The number of thiazole rings is 1. The van der Waals surface area contributed by atoms with Crippen molar-refractivity contribution in [2.75, 3.05) is 11.9 Å². The Kier molecular flexibility index (Phi) is 3.46. The molecule has 0 fully saturated rings. The Morgan fingerprint density at radius 3 is 2.68 bits per heavy atom. The van der Waals surface area contributed by atoms with Crippen LogP contribution in [-0.4, -0.2) is 22.0 Å². The van der Waals surface area contributed by atoms with Gasteiger partial charge in [-0.15, -0.1) is 11.3 Å². The molecule has 0 amide bonds. The molecule has 5 heteroatoms. The summed E-state index contributed by atoms with van der Waals surface area (Å²) in [5.41, 5.74) is 2.41. The lowest BCUT2D eigenvalue weighted by atomic mass is 10.0. The van der Waals surface area contributed by atoms with Crippen molar-refractivity contribution in [1.29, 1.82) is 0 Å². The summed E-state index contributed by atoms with van der Waals surface area (Å²) in [6.45, 7) is 2.79. The molecule has 2 aromatic heterocycles. The van der Waals surface area contributed by atoms with E-state index in [0.717, 1.165) is 24.5 Å². The van der Waals surface area contributed by atoms with Gasteiger partial charge >= 0.3 is 0 Å². The Labute approximate surface area is 117 Å². The van der Waals surface area contributed by atoms with Crippen molar-refractivity contribution >= 4 is 17.3 Å². The van der Waals surface area contributed by atoms with E-state index in [1.54, 1.807) is 0 Å². The number of aryl methyl sites for hydroxylation is 3. The molecule has 0 atom stereocenters. The van der Waals surface area contributed by atoms with E-state index in [1.807, 2.05) is 37.7 Å². The number of hydrogen-bond donors (Lipinski definition) is 0. The molecule has 0 aliphatic heterocycles. The zero-order valence-electron chi connectivity index (χ0n) is 11.4. The standard InChI is InChI=1S/C14H18N4S/c1-10-7-15-14(16-8-10)18(2)9-13-17-11-5-3-4-6-12(11)19-13/h7-8H,3-6,9H2,1-2H3. The molecule has 2 aromatic rings. The Morgan fingerprint density at radius 1 is 1.21 bits per heavy atom. The maximum Gasteiger partial charge on any atom is 0.225 e. The highest BCUT2D eigenvalue weighted by atomic mass is 32.1. The van der Waals surface area contributed by atoms with Crippen LogP contribution >= 0.6 is 11.3 Å². The summed E-state index contributed by atoms with van der Waals surface area (Å²) in [5.74, 6) is 0.763. The Morgan fingerprint density at radius 2 is 1.95 bits per heavy atom.